The number of amides is 1. The summed E-state index contributed by atoms with van der Waals surface area (Å²) in [6.07, 6.45) is 1.74. The van der Waals surface area contributed by atoms with Crippen molar-refractivity contribution in [3.8, 4) is 0 Å². The summed E-state index contributed by atoms with van der Waals surface area (Å²) < 4.78 is 33.7. The third-order valence-corrected chi connectivity index (χ3v) is 7.37. The molecule has 1 fully saturated rings. The van der Waals surface area contributed by atoms with E-state index in [2.05, 4.69) is 14.9 Å². The van der Waals surface area contributed by atoms with Crippen LogP contribution in [0.25, 0.3) is 0 Å². The van der Waals surface area contributed by atoms with Crippen molar-refractivity contribution in [3.63, 3.8) is 0 Å². The summed E-state index contributed by atoms with van der Waals surface area (Å²) in [4.78, 5) is 29.3. The third-order valence-electron chi connectivity index (χ3n) is 5.80. The lowest BCUT2D eigenvalue weighted by molar-refractivity contribution is 0.0499. The van der Waals surface area contributed by atoms with Gasteiger partial charge < -0.3 is 19.9 Å². The fourth-order valence-electron chi connectivity index (χ4n) is 3.73. The summed E-state index contributed by atoms with van der Waals surface area (Å²) in [5.74, 6) is -0.852. The number of ether oxygens (including phenoxy) is 1. The Morgan fingerprint density at radius 3 is 2.26 bits per heavy atom. The standard InChI is InChI=1S/C25H34N4O5S/c1-4-6-17-34-25(31)19-7-10-21(11-8-19)27-24(30)20-9-12-22(29-15-13-28(3)14-16-29)23(18-20)35(32,33)26-5-2/h7-12,18,26H,4-6,13-17H2,1-3H3,(H,27,30). The number of likely N-dealkylation sites (N-methyl/N-ethyl adjacent to an activating group) is 1. The van der Waals surface area contributed by atoms with Crippen LogP contribution in [-0.2, 0) is 14.8 Å². The largest absolute Gasteiger partial charge is 0.462 e. The molecule has 1 amide bonds. The number of hydrogen-bond donors (Lipinski definition) is 2. The molecule has 10 heteroatoms. The molecule has 190 valence electrons. The van der Waals surface area contributed by atoms with E-state index >= 15 is 0 Å². The molecular weight excluding hydrogens is 468 g/mol. The predicted octanol–water partition coefficient (Wildman–Crippen LogP) is 2.95. The zero-order valence-electron chi connectivity index (χ0n) is 20.5. The highest BCUT2D eigenvalue weighted by Crippen LogP contribution is 2.28. The number of nitrogens with zero attached hydrogens (tertiary/aromatic N) is 2. The van der Waals surface area contributed by atoms with Crippen LogP contribution in [-0.4, -0.2) is 71.6 Å². The molecule has 1 heterocycles. The van der Waals surface area contributed by atoms with E-state index in [1.54, 1.807) is 43.3 Å². The lowest BCUT2D eigenvalue weighted by Crippen LogP contribution is -2.45. The number of carbonyl (C=O) groups excluding carboxylic acids is 2. The lowest BCUT2D eigenvalue weighted by atomic mass is 10.1. The second-order valence-corrected chi connectivity index (χ2v) is 10.2. The minimum Gasteiger partial charge on any atom is -0.462 e. The molecule has 3 rings (SSSR count). The number of sulfonamides is 1. The van der Waals surface area contributed by atoms with Crippen LogP contribution < -0.4 is 14.9 Å². The highest BCUT2D eigenvalue weighted by atomic mass is 32.2. The summed E-state index contributed by atoms with van der Waals surface area (Å²) in [6.45, 7) is 7.39. The quantitative estimate of drug-likeness (QED) is 0.380. The highest BCUT2D eigenvalue weighted by molar-refractivity contribution is 7.89. The summed E-state index contributed by atoms with van der Waals surface area (Å²) in [5.41, 5.74) is 1.69. The molecule has 0 spiro atoms. The molecule has 2 N–H and O–H groups in total. The number of unbranched alkanes of at least 4 members (excludes halogenated alkanes) is 1. The van der Waals surface area contributed by atoms with E-state index in [1.807, 2.05) is 18.9 Å². The van der Waals surface area contributed by atoms with Crippen molar-refractivity contribution in [2.45, 2.75) is 31.6 Å². The van der Waals surface area contributed by atoms with Gasteiger partial charge in [-0.3, -0.25) is 4.79 Å². The van der Waals surface area contributed by atoms with Gasteiger partial charge in [-0.1, -0.05) is 20.3 Å². The first kappa shape index (κ1) is 26.7. The molecule has 2 aromatic carbocycles. The maximum atomic E-state index is 13.0. The van der Waals surface area contributed by atoms with Crippen molar-refractivity contribution >= 4 is 33.3 Å². The van der Waals surface area contributed by atoms with Crippen LogP contribution in [0.3, 0.4) is 0 Å². The maximum absolute atomic E-state index is 13.0. The molecule has 1 saturated heterocycles. The van der Waals surface area contributed by atoms with Crippen molar-refractivity contribution < 1.29 is 22.7 Å². The predicted molar refractivity (Wildman–Crippen MR) is 137 cm³/mol. The molecule has 9 nitrogen and oxygen atoms in total. The Balaban J connectivity index is 1.79. The first-order valence-corrected chi connectivity index (χ1v) is 13.4. The van der Waals surface area contributed by atoms with E-state index in [0.29, 0.717) is 36.6 Å². The van der Waals surface area contributed by atoms with Gasteiger partial charge in [-0.05, 0) is 55.9 Å². The third kappa shape index (κ3) is 7.03. The fourth-order valence-corrected chi connectivity index (χ4v) is 5.02. The molecule has 2 aromatic rings. The molecule has 1 aliphatic rings. The van der Waals surface area contributed by atoms with Crippen LogP contribution >= 0.6 is 0 Å². The second-order valence-electron chi connectivity index (χ2n) is 8.50. The molecule has 0 atom stereocenters. The van der Waals surface area contributed by atoms with Crippen molar-refractivity contribution in [2.24, 2.45) is 0 Å². The zero-order chi connectivity index (χ0) is 25.4. The number of esters is 1. The van der Waals surface area contributed by atoms with Gasteiger partial charge >= 0.3 is 5.97 Å². The van der Waals surface area contributed by atoms with Crippen LogP contribution in [0, 0.1) is 0 Å². The summed E-state index contributed by atoms with van der Waals surface area (Å²) in [5, 5.41) is 2.77. The monoisotopic (exact) mass is 502 g/mol. The van der Waals surface area contributed by atoms with Gasteiger partial charge in [0.1, 0.15) is 4.90 Å². The average molecular weight is 503 g/mol. The Hall–Kier alpha value is -2.95. The lowest BCUT2D eigenvalue weighted by Gasteiger charge is -2.35. The van der Waals surface area contributed by atoms with Gasteiger partial charge in [-0.25, -0.2) is 17.9 Å². The molecule has 0 bridgehead atoms. The van der Waals surface area contributed by atoms with Crippen LogP contribution in [0.1, 0.15) is 47.4 Å². The van der Waals surface area contributed by atoms with Gasteiger partial charge in [-0.15, -0.1) is 0 Å². The Labute approximate surface area is 207 Å². The summed E-state index contributed by atoms with van der Waals surface area (Å²) in [6, 6.07) is 11.1. The fraction of sp³-hybridized carbons (Fsp3) is 0.440. The van der Waals surface area contributed by atoms with Crippen LogP contribution in [0.5, 0.6) is 0 Å². The van der Waals surface area contributed by atoms with E-state index in [0.717, 1.165) is 25.9 Å². The molecule has 35 heavy (non-hydrogen) atoms. The van der Waals surface area contributed by atoms with E-state index in [-0.39, 0.29) is 17.0 Å². The normalized spacial score (nSPS) is 14.5. The molecule has 0 radical (unpaired) electrons. The van der Waals surface area contributed by atoms with Gasteiger partial charge in [-0.2, -0.15) is 0 Å². The first-order valence-electron chi connectivity index (χ1n) is 11.9. The van der Waals surface area contributed by atoms with Crippen molar-refractivity contribution in [1.29, 1.82) is 0 Å². The maximum Gasteiger partial charge on any atom is 0.338 e. The van der Waals surface area contributed by atoms with Crippen molar-refractivity contribution in [2.75, 3.05) is 56.6 Å². The Kier molecular flexibility index (Phi) is 9.25. The SMILES string of the molecule is CCCCOC(=O)c1ccc(NC(=O)c2ccc(N3CCN(C)CC3)c(S(=O)(=O)NCC)c2)cc1. The highest BCUT2D eigenvalue weighted by Gasteiger charge is 2.25. The van der Waals surface area contributed by atoms with Crippen LogP contribution in [0.15, 0.2) is 47.4 Å². The number of carbonyl (C=O) groups is 2. The Morgan fingerprint density at radius 1 is 0.971 bits per heavy atom. The van der Waals surface area contributed by atoms with Crippen molar-refractivity contribution in [1.82, 2.24) is 9.62 Å². The number of anilines is 2. The number of rotatable bonds is 10. The van der Waals surface area contributed by atoms with E-state index in [1.165, 1.54) is 6.07 Å². The smallest absolute Gasteiger partial charge is 0.338 e. The number of nitrogens with one attached hydrogen (secondary N) is 2. The molecule has 0 saturated carbocycles. The molecular formula is C25H34N4O5S. The van der Waals surface area contributed by atoms with Crippen LogP contribution in [0.2, 0.25) is 0 Å². The molecule has 0 unspecified atom stereocenters. The molecule has 1 aliphatic heterocycles. The van der Waals surface area contributed by atoms with Crippen molar-refractivity contribution in [3.05, 3.63) is 53.6 Å². The van der Waals surface area contributed by atoms with E-state index in [4.69, 9.17) is 4.74 Å². The Bertz CT molecular complexity index is 1130. The second kappa shape index (κ2) is 12.1. The first-order chi connectivity index (χ1) is 16.7. The Morgan fingerprint density at radius 2 is 1.63 bits per heavy atom. The minimum atomic E-state index is -3.79. The van der Waals surface area contributed by atoms with E-state index < -0.39 is 21.9 Å². The van der Waals surface area contributed by atoms with Crippen LogP contribution in [0.4, 0.5) is 11.4 Å². The molecule has 0 aromatic heterocycles. The van der Waals surface area contributed by atoms with E-state index in [9.17, 15) is 18.0 Å². The van der Waals surface area contributed by atoms with Gasteiger partial charge in [0.2, 0.25) is 10.0 Å². The molecule has 0 aliphatic carbocycles. The summed E-state index contributed by atoms with van der Waals surface area (Å²) in [7, 11) is -1.76. The number of hydrogen-bond acceptors (Lipinski definition) is 7. The zero-order valence-corrected chi connectivity index (χ0v) is 21.4. The average Bonchev–Trinajstić information content (AvgIpc) is 2.84. The van der Waals surface area contributed by atoms with Gasteiger partial charge in [0, 0.05) is 44.0 Å². The number of benzene rings is 2. The van der Waals surface area contributed by atoms with Gasteiger partial charge in [0.15, 0.2) is 0 Å². The minimum absolute atomic E-state index is 0.0849. The number of piperazine rings is 1. The van der Waals surface area contributed by atoms with Gasteiger partial charge in [0.05, 0.1) is 17.9 Å². The van der Waals surface area contributed by atoms with Gasteiger partial charge in [0.25, 0.3) is 5.91 Å². The topological polar surface area (TPSA) is 108 Å². The summed E-state index contributed by atoms with van der Waals surface area (Å²) >= 11 is 0.